The van der Waals surface area contributed by atoms with Crippen molar-refractivity contribution in [3.8, 4) is 10.4 Å². The Hall–Kier alpha value is -3.12. The van der Waals surface area contributed by atoms with Crippen LogP contribution in [0.4, 0.5) is 4.39 Å². The van der Waals surface area contributed by atoms with Crippen molar-refractivity contribution in [2.45, 2.75) is 6.54 Å². The monoisotopic (exact) mass is 364 g/mol. The van der Waals surface area contributed by atoms with Gasteiger partial charge in [-0.2, -0.15) is 0 Å². The summed E-state index contributed by atoms with van der Waals surface area (Å²) in [5.74, 6) is -0.680. The SMILES string of the molecule is O=C(Cn1cnc2sc(-c3ccccc3)cc2c1=O)c1ccc(F)cc1. The lowest BCUT2D eigenvalue weighted by atomic mass is 10.1. The van der Waals surface area contributed by atoms with E-state index in [1.54, 1.807) is 0 Å². The summed E-state index contributed by atoms with van der Waals surface area (Å²) in [7, 11) is 0. The molecule has 0 saturated heterocycles. The maximum absolute atomic E-state index is 13.0. The number of Topliss-reactive ketones (excluding diaryl/α,β-unsaturated/α-hetero) is 1. The van der Waals surface area contributed by atoms with Gasteiger partial charge in [0, 0.05) is 10.4 Å². The van der Waals surface area contributed by atoms with Crippen LogP contribution in [0.15, 0.2) is 71.8 Å². The predicted molar refractivity (Wildman–Crippen MR) is 100 cm³/mol. The second-order valence-corrected chi connectivity index (χ2v) is 6.83. The molecule has 0 atom stereocenters. The zero-order valence-corrected chi connectivity index (χ0v) is 14.4. The standard InChI is InChI=1S/C20H13FN2O2S/c21-15-8-6-13(7-9-15)17(24)11-23-12-22-19-16(20(23)25)10-18(26-19)14-4-2-1-3-5-14/h1-10,12H,11H2. The van der Waals surface area contributed by atoms with Gasteiger partial charge in [-0.15, -0.1) is 11.3 Å². The van der Waals surface area contributed by atoms with Crippen LogP contribution in [0.1, 0.15) is 10.4 Å². The van der Waals surface area contributed by atoms with Gasteiger partial charge in [-0.1, -0.05) is 30.3 Å². The first-order valence-corrected chi connectivity index (χ1v) is 8.76. The minimum absolute atomic E-state index is 0.135. The number of nitrogens with zero attached hydrogens (tertiary/aromatic N) is 2. The maximum Gasteiger partial charge on any atom is 0.262 e. The van der Waals surface area contributed by atoms with Gasteiger partial charge < -0.3 is 0 Å². The molecule has 4 nitrogen and oxygen atoms in total. The summed E-state index contributed by atoms with van der Waals surface area (Å²) >= 11 is 1.44. The van der Waals surface area contributed by atoms with E-state index in [0.29, 0.717) is 15.8 Å². The Morgan fingerprint density at radius 2 is 1.81 bits per heavy atom. The first kappa shape index (κ1) is 16.4. The third-order valence-electron chi connectivity index (χ3n) is 4.06. The van der Waals surface area contributed by atoms with Gasteiger partial charge in [-0.25, -0.2) is 9.37 Å². The molecular weight excluding hydrogens is 351 g/mol. The molecule has 0 saturated carbocycles. The van der Waals surface area contributed by atoms with Gasteiger partial charge in [0.1, 0.15) is 10.6 Å². The summed E-state index contributed by atoms with van der Waals surface area (Å²) in [5, 5.41) is 0.489. The number of aromatic nitrogens is 2. The van der Waals surface area contributed by atoms with Crippen LogP contribution in [0.25, 0.3) is 20.7 Å². The van der Waals surface area contributed by atoms with Crippen LogP contribution in [0.5, 0.6) is 0 Å². The fourth-order valence-electron chi connectivity index (χ4n) is 2.70. The second-order valence-electron chi connectivity index (χ2n) is 5.80. The molecule has 2 aromatic carbocycles. The molecule has 2 aromatic heterocycles. The van der Waals surface area contributed by atoms with E-state index >= 15 is 0 Å². The average Bonchev–Trinajstić information content (AvgIpc) is 3.10. The number of carbonyl (C=O) groups excluding carboxylic acids is 1. The molecular formula is C20H13FN2O2S. The largest absolute Gasteiger partial charge is 0.292 e. The first-order valence-electron chi connectivity index (χ1n) is 7.95. The average molecular weight is 364 g/mol. The van der Waals surface area contributed by atoms with Crippen molar-refractivity contribution in [2.24, 2.45) is 0 Å². The highest BCUT2D eigenvalue weighted by Crippen LogP contribution is 2.30. The van der Waals surface area contributed by atoms with E-state index < -0.39 is 5.82 Å². The zero-order chi connectivity index (χ0) is 18.1. The highest BCUT2D eigenvalue weighted by molar-refractivity contribution is 7.21. The van der Waals surface area contributed by atoms with Gasteiger partial charge in [0.2, 0.25) is 0 Å². The Labute approximate surface area is 152 Å². The number of halogens is 1. The third kappa shape index (κ3) is 3.07. The summed E-state index contributed by atoms with van der Waals surface area (Å²) in [6.45, 7) is -0.135. The van der Waals surface area contributed by atoms with Crippen molar-refractivity contribution < 1.29 is 9.18 Å². The minimum Gasteiger partial charge on any atom is -0.292 e. The molecule has 0 N–H and O–H groups in total. The van der Waals surface area contributed by atoms with E-state index in [-0.39, 0.29) is 17.9 Å². The van der Waals surface area contributed by atoms with Crippen LogP contribution >= 0.6 is 11.3 Å². The minimum atomic E-state index is -0.409. The van der Waals surface area contributed by atoms with Crippen LogP contribution in [0.3, 0.4) is 0 Å². The highest BCUT2D eigenvalue weighted by atomic mass is 32.1. The van der Waals surface area contributed by atoms with Gasteiger partial charge in [0.25, 0.3) is 5.56 Å². The summed E-state index contributed by atoms with van der Waals surface area (Å²) in [4.78, 5) is 31.0. The van der Waals surface area contributed by atoms with E-state index in [1.165, 1.54) is 46.5 Å². The van der Waals surface area contributed by atoms with Crippen LogP contribution in [0, 0.1) is 5.82 Å². The molecule has 0 radical (unpaired) electrons. The molecule has 0 aliphatic carbocycles. The van der Waals surface area contributed by atoms with Crippen LogP contribution in [0.2, 0.25) is 0 Å². The predicted octanol–water partition coefficient (Wildman–Crippen LogP) is 4.15. The van der Waals surface area contributed by atoms with Crippen molar-refractivity contribution in [1.82, 2.24) is 9.55 Å². The Morgan fingerprint density at radius 3 is 2.54 bits per heavy atom. The lowest BCUT2D eigenvalue weighted by Crippen LogP contribution is -2.24. The van der Waals surface area contributed by atoms with Crippen molar-refractivity contribution in [2.75, 3.05) is 0 Å². The molecule has 0 unspecified atom stereocenters. The number of fused-ring (bicyclic) bond motifs is 1. The zero-order valence-electron chi connectivity index (χ0n) is 13.6. The summed E-state index contributed by atoms with van der Waals surface area (Å²) in [6, 6.07) is 16.8. The number of ketones is 1. The van der Waals surface area contributed by atoms with E-state index in [1.807, 2.05) is 36.4 Å². The Balaban J connectivity index is 1.68. The summed E-state index contributed by atoms with van der Waals surface area (Å²) in [6.07, 6.45) is 1.39. The molecule has 0 spiro atoms. The summed E-state index contributed by atoms with van der Waals surface area (Å²) in [5.41, 5.74) is 1.11. The number of hydrogen-bond donors (Lipinski definition) is 0. The molecule has 6 heteroatoms. The Bertz CT molecular complexity index is 1150. The summed E-state index contributed by atoms with van der Waals surface area (Å²) < 4.78 is 14.3. The highest BCUT2D eigenvalue weighted by Gasteiger charge is 2.13. The van der Waals surface area contributed by atoms with Crippen LogP contribution < -0.4 is 5.56 Å². The van der Waals surface area contributed by atoms with Crippen molar-refractivity contribution in [3.63, 3.8) is 0 Å². The first-order chi connectivity index (χ1) is 12.6. The molecule has 0 aliphatic heterocycles. The van der Waals surface area contributed by atoms with Crippen molar-refractivity contribution in [1.29, 1.82) is 0 Å². The third-order valence-corrected chi connectivity index (χ3v) is 5.15. The molecule has 0 aliphatic rings. The van der Waals surface area contributed by atoms with E-state index in [2.05, 4.69) is 4.98 Å². The fourth-order valence-corrected chi connectivity index (χ4v) is 3.69. The number of thiophene rings is 1. The smallest absolute Gasteiger partial charge is 0.262 e. The van der Waals surface area contributed by atoms with E-state index in [4.69, 9.17) is 0 Å². The van der Waals surface area contributed by atoms with Gasteiger partial charge >= 0.3 is 0 Å². The lowest BCUT2D eigenvalue weighted by Gasteiger charge is -2.04. The quantitative estimate of drug-likeness (QED) is 0.511. The van der Waals surface area contributed by atoms with E-state index in [9.17, 15) is 14.0 Å². The number of hydrogen-bond acceptors (Lipinski definition) is 4. The van der Waals surface area contributed by atoms with Gasteiger partial charge in [0.15, 0.2) is 5.78 Å². The van der Waals surface area contributed by atoms with E-state index in [0.717, 1.165) is 10.4 Å². The Morgan fingerprint density at radius 1 is 1.08 bits per heavy atom. The van der Waals surface area contributed by atoms with Crippen molar-refractivity contribution >= 4 is 27.3 Å². The molecule has 26 heavy (non-hydrogen) atoms. The molecule has 4 rings (SSSR count). The van der Waals surface area contributed by atoms with Crippen molar-refractivity contribution in [3.05, 3.63) is 88.7 Å². The fraction of sp³-hybridized carbons (Fsp3) is 0.0500. The molecule has 2 heterocycles. The normalized spacial score (nSPS) is 11.0. The Kier molecular flexibility index (Phi) is 4.18. The molecule has 0 bridgehead atoms. The number of rotatable bonds is 4. The molecule has 0 fully saturated rings. The van der Waals surface area contributed by atoms with Gasteiger partial charge in [0.05, 0.1) is 18.3 Å². The van der Waals surface area contributed by atoms with Gasteiger partial charge in [-0.3, -0.25) is 14.2 Å². The second kappa shape index (κ2) is 6.65. The van der Waals surface area contributed by atoms with Crippen LogP contribution in [-0.4, -0.2) is 15.3 Å². The maximum atomic E-state index is 13.0. The van der Waals surface area contributed by atoms with Gasteiger partial charge in [-0.05, 0) is 35.9 Å². The molecule has 0 amide bonds. The number of benzene rings is 2. The molecule has 128 valence electrons. The molecule has 4 aromatic rings. The van der Waals surface area contributed by atoms with Crippen LogP contribution in [-0.2, 0) is 6.54 Å². The number of carbonyl (C=O) groups is 1. The topological polar surface area (TPSA) is 52.0 Å². The lowest BCUT2D eigenvalue weighted by molar-refractivity contribution is 0.0970.